The van der Waals surface area contributed by atoms with Crippen LogP contribution in [-0.4, -0.2) is 142 Å². The second-order valence-electron chi connectivity index (χ2n) is 17.7. The number of aliphatic imine (C=N–C) groups is 2. The average Bonchev–Trinajstić information content (AvgIpc) is 3.34. The lowest BCUT2D eigenvalue weighted by Crippen LogP contribution is -2.41. The maximum atomic E-state index is 12.8. The largest absolute Gasteiger partial charge is 0.490 e. The van der Waals surface area contributed by atoms with E-state index in [-0.39, 0.29) is 42.3 Å². The van der Waals surface area contributed by atoms with E-state index in [1.54, 1.807) is 30.6 Å². The fraction of sp³-hybridized carbons (Fsp3) is 0.577. The Morgan fingerprint density at radius 2 is 1.25 bits per heavy atom. The SMILES string of the molecule is C/C=N\C(OC1CCN(C(=O)Cc2ccccc2)CC1)=C(\C)C(C)OC1CCN(S(C)=O)CC1.C=C(OC1CCN(SC)CC1)/C(C)=C(\N=C/C)OC1CCN(C(=O)c2ccc(C)cc2)CC1. The fourth-order valence-corrected chi connectivity index (χ4v) is 9.78. The van der Waals surface area contributed by atoms with E-state index in [0.717, 1.165) is 105 Å². The Morgan fingerprint density at radius 1 is 0.746 bits per heavy atom. The van der Waals surface area contributed by atoms with Gasteiger partial charge in [-0.25, -0.2) is 18.5 Å². The van der Waals surface area contributed by atoms with Crippen LogP contribution in [0.1, 0.15) is 107 Å². The van der Waals surface area contributed by atoms with Crippen LogP contribution in [0.15, 0.2) is 99.8 Å². The van der Waals surface area contributed by atoms with Crippen molar-refractivity contribution in [2.24, 2.45) is 9.98 Å². The molecule has 0 saturated carbocycles. The van der Waals surface area contributed by atoms with Gasteiger partial charge in [0.2, 0.25) is 17.7 Å². The minimum atomic E-state index is -0.914. The lowest BCUT2D eigenvalue weighted by molar-refractivity contribution is -0.132. The van der Waals surface area contributed by atoms with Gasteiger partial charge in [0, 0.05) is 108 Å². The van der Waals surface area contributed by atoms with Crippen molar-refractivity contribution < 1.29 is 32.7 Å². The number of benzene rings is 2. The molecule has 2 aromatic carbocycles. The van der Waals surface area contributed by atoms with Crippen molar-refractivity contribution >= 4 is 47.2 Å². The maximum Gasteiger partial charge on any atom is 0.253 e. The minimum absolute atomic E-state index is 0.0123. The third-order valence-corrected chi connectivity index (χ3v) is 14.9. The van der Waals surface area contributed by atoms with E-state index in [2.05, 4.69) is 27.1 Å². The van der Waals surface area contributed by atoms with E-state index in [0.29, 0.717) is 50.1 Å². The van der Waals surface area contributed by atoms with Crippen LogP contribution in [0.5, 0.6) is 0 Å². The van der Waals surface area contributed by atoms with Gasteiger partial charge in [-0.3, -0.25) is 13.9 Å². The number of hydrogen-bond donors (Lipinski definition) is 0. The van der Waals surface area contributed by atoms with E-state index in [1.165, 1.54) is 0 Å². The Hall–Kier alpha value is -4.28. The van der Waals surface area contributed by atoms with Gasteiger partial charge in [-0.15, -0.1) is 0 Å². The number of aryl methyl sites for hydroxylation is 1. The van der Waals surface area contributed by atoms with Crippen molar-refractivity contribution in [1.82, 2.24) is 18.4 Å². The number of hydrogen-bond acceptors (Lipinski definition) is 11. The van der Waals surface area contributed by atoms with Gasteiger partial charge in [0.1, 0.15) is 24.1 Å². The standard InChI is InChI=1S/C26H39N3O4S.C26H37N3O3S/c1-5-27-26(20(2)21(3)32-23-13-17-29(18-14-23)34(4)31)33-24-11-15-28(16-12-24)25(30)19-22-9-7-6-8-10-22;1-6-27-25(20(3)21(4)31-23-13-17-29(33-5)18-14-23)32-24-11-15-28(16-12-24)26(30)22-9-7-19(2)8-10-22/h5-10,21,23-24H,11-19H2,1-4H3;6-10,23-24H,4,11-18H2,1-3,5H3/b26-20+,27-5-;25-20+,27-6-. The highest BCUT2D eigenvalue weighted by atomic mass is 32.2. The van der Waals surface area contributed by atoms with Crippen LogP contribution in [0, 0.1) is 6.92 Å². The smallest absolute Gasteiger partial charge is 0.253 e. The van der Waals surface area contributed by atoms with E-state index in [4.69, 9.17) is 18.9 Å². The van der Waals surface area contributed by atoms with E-state index >= 15 is 0 Å². The Kier molecular flexibility index (Phi) is 22.1. The molecule has 0 aromatic heterocycles. The predicted octanol–water partition coefficient (Wildman–Crippen LogP) is 8.93. The van der Waals surface area contributed by atoms with Gasteiger partial charge in [-0.1, -0.05) is 66.6 Å². The summed E-state index contributed by atoms with van der Waals surface area (Å²) in [7, 11) is -0.914. The van der Waals surface area contributed by atoms with Crippen molar-refractivity contribution in [2.75, 3.05) is 64.9 Å². The number of likely N-dealkylation sites (tertiary alicyclic amines) is 2. The van der Waals surface area contributed by atoms with Gasteiger partial charge < -0.3 is 28.7 Å². The zero-order valence-electron chi connectivity index (χ0n) is 41.3. The number of piperidine rings is 4. The molecule has 2 aromatic rings. The second-order valence-corrected chi connectivity index (χ2v) is 20.0. The van der Waals surface area contributed by atoms with E-state index in [9.17, 15) is 13.8 Å². The number of carbonyl (C=O) groups excluding carboxylic acids is 2. The number of amides is 2. The first-order valence-corrected chi connectivity index (χ1v) is 26.8. The quantitative estimate of drug-likeness (QED) is 0.0662. The molecule has 0 N–H and O–H groups in total. The molecule has 4 saturated heterocycles. The first kappa shape index (κ1) is 53.7. The molecule has 0 radical (unpaired) electrons. The predicted molar refractivity (Wildman–Crippen MR) is 273 cm³/mol. The third-order valence-electron chi connectivity index (χ3n) is 12.9. The van der Waals surface area contributed by atoms with E-state index in [1.807, 2.05) is 110 Å². The van der Waals surface area contributed by atoms with Crippen molar-refractivity contribution in [1.29, 1.82) is 0 Å². The lowest BCUT2D eigenvalue weighted by Gasteiger charge is -2.33. The van der Waals surface area contributed by atoms with Crippen LogP contribution < -0.4 is 0 Å². The van der Waals surface area contributed by atoms with Gasteiger partial charge >= 0.3 is 0 Å². The molecule has 4 fully saturated rings. The highest BCUT2D eigenvalue weighted by molar-refractivity contribution is 7.96. The second kappa shape index (κ2) is 27.6. The molecule has 4 aliphatic rings. The first-order chi connectivity index (χ1) is 32.3. The molecule has 0 aliphatic carbocycles. The number of ether oxygens (including phenoxy) is 4. The molecule has 6 rings (SSSR count). The molecule has 2 unspecified atom stereocenters. The summed E-state index contributed by atoms with van der Waals surface area (Å²) in [6, 6.07) is 17.6. The van der Waals surface area contributed by atoms with Crippen LogP contribution in [-0.2, 0) is 41.1 Å². The van der Waals surface area contributed by atoms with Crippen molar-refractivity contribution in [3.63, 3.8) is 0 Å². The Morgan fingerprint density at radius 3 is 1.81 bits per heavy atom. The average molecular weight is 961 g/mol. The molecule has 0 spiro atoms. The highest BCUT2D eigenvalue weighted by Gasteiger charge is 2.29. The lowest BCUT2D eigenvalue weighted by atomic mass is 10.1. The van der Waals surface area contributed by atoms with Crippen LogP contribution in [0.25, 0.3) is 0 Å². The molecule has 0 bridgehead atoms. The Labute approximate surface area is 407 Å². The van der Waals surface area contributed by atoms with Crippen molar-refractivity contribution in [3.05, 3.63) is 107 Å². The molecule has 15 heteroatoms. The summed E-state index contributed by atoms with van der Waals surface area (Å²) >= 11 is 1.79. The molecule has 368 valence electrons. The summed E-state index contributed by atoms with van der Waals surface area (Å²) in [6.45, 7) is 22.3. The fourth-order valence-electron chi connectivity index (χ4n) is 8.48. The number of allylic oxidation sites excluding steroid dienone is 1. The van der Waals surface area contributed by atoms with Crippen LogP contribution in [0.4, 0.5) is 0 Å². The van der Waals surface area contributed by atoms with Gasteiger partial charge in [0.15, 0.2) is 0 Å². The van der Waals surface area contributed by atoms with Gasteiger partial charge in [0.25, 0.3) is 5.91 Å². The number of nitrogens with zero attached hydrogens (tertiary/aromatic N) is 6. The number of carbonyl (C=O) groups is 2. The zero-order valence-corrected chi connectivity index (χ0v) is 43.0. The maximum absolute atomic E-state index is 12.8. The monoisotopic (exact) mass is 961 g/mol. The summed E-state index contributed by atoms with van der Waals surface area (Å²) < 4.78 is 41.1. The van der Waals surface area contributed by atoms with Crippen LogP contribution >= 0.6 is 11.9 Å². The van der Waals surface area contributed by atoms with Gasteiger partial charge in [-0.2, -0.15) is 0 Å². The van der Waals surface area contributed by atoms with E-state index < -0.39 is 11.0 Å². The molecular formula is C52H76N6O7S2. The third kappa shape index (κ3) is 17.0. The normalized spacial score (nSPS) is 20.4. The Bertz CT molecular complexity index is 2030. The summed E-state index contributed by atoms with van der Waals surface area (Å²) in [5.74, 6) is 2.07. The summed E-state index contributed by atoms with van der Waals surface area (Å²) in [5, 5.41) is 0. The summed E-state index contributed by atoms with van der Waals surface area (Å²) in [4.78, 5) is 38.3. The summed E-state index contributed by atoms with van der Waals surface area (Å²) in [5.41, 5.74) is 4.75. The van der Waals surface area contributed by atoms with Crippen molar-refractivity contribution in [2.45, 2.75) is 130 Å². The molecule has 2 amide bonds. The zero-order chi connectivity index (χ0) is 48.3. The van der Waals surface area contributed by atoms with Gasteiger partial charge in [0.05, 0.1) is 35.2 Å². The molecule has 4 heterocycles. The Balaban J connectivity index is 0.000000251. The van der Waals surface area contributed by atoms with Gasteiger partial charge in [-0.05, 0) is 91.2 Å². The number of rotatable bonds is 17. The first-order valence-electron chi connectivity index (χ1n) is 24.1. The van der Waals surface area contributed by atoms with Crippen molar-refractivity contribution in [3.8, 4) is 0 Å². The molecular weight excluding hydrogens is 885 g/mol. The molecule has 13 nitrogen and oxygen atoms in total. The summed E-state index contributed by atoms with van der Waals surface area (Å²) in [6.07, 6.45) is 14.9. The molecule has 4 aliphatic heterocycles. The minimum Gasteiger partial charge on any atom is -0.490 e. The highest BCUT2D eigenvalue weighted by Crippen LogP contribution is 2.28. The topological polar surface area (TPSA) is 126 Å². The van der Waals surface area contributed by atoms with Crippen LogP contribution in [0.2, 0.25) is 0 Å². The van der Waals surface area contributed by atoms with Crippen LogP contribution in [0.3, 0.4) is 0 Å². The molecule has 2 atom stereocenters. The molecule has 67 heavy (non-hydrogen) atoms.